The maximum Gasteiger partial charge on any atom is 0.250 e. The molecule has 0 bridgehead atoms. The normalized spacial score (nSPS) is 27.2. The molecule has 3 atom stereocenters. The number of likely N-dealkylation sites (tertiary alicyclic amines) is 1. The third-order valence-corrected chi connectivity index (χ3v) is 3.93. The van der Waals surface area contributed by atoms with E-state index < -0.39 is 6.43 Å². The molecule has 0 spiro atoms. The van der Waals surface area contributed by atoms with Gasteiger partial charge in [-0.3, -0.25) is 4.90 Å². The lowest BCUT2D eigenvalue weighted by Gasteiger charge is -2.41. The Morgan fingerprint density at radius 1 is 1.32 bits per heavy atom. The van der Waals surface area contributed by atoms with Crippen LogP contribution in [0.1, 0.15) is 40.0 Å². The minimum atomic E-state index is -2.30. The molecule has 114 valence electrons. The summed E-state index contributed by atoms with van der Waals surface area (Å²) in [4.78, 5) is 2.32. The van der Waals surface area contributed by atoms with Crippen molar-refractivity contribution in [2.75, 3.05) is 19.6 Å². The highest BCUT2D eigenvalue weighted by molar-refractivity contribution is 4.86. The Hall–Kier alpha value is -0.260. The lowest BCUT2D eigenvalue weighted by atomic mass is 9.88. The maximum atomic E-state index is 12.3. The molecule has 0 aliphatic carbocycles. The Kier molecular flexibility index (Phi) is 7.18. The molecule has 1 aliphatic rings. The number of hydrogen-bond acceptors (Lipinski definition) is 3. The molecule has 1 heterocycles. The smallest absolute Gasteiger partial charge is 0.250 e. The number of rotatable bonds is 7. The van der Waals surface area contributed by atoms with Gasteiger partial charge in [-0.1, -0.05) is 6.92 Å². The minimum Gasteiger partial charge on any atom is -0.393 e. The Morgan fingerprint density at radius 2 is 2.00 bits per heavy atom. The largest absolute Gasteiger partial charge is 0.393 e. The standard InChI is InChI=1S/C14H28F2N2O/c1-4-13(19)6-11-5-12(17-7-14(15)16)9-18(8-11)10(2)3/h10-14,17,19H,4-9H2,1-3H3. The molecule has 0 amide bonds. The summed E-state index contributed by atoms with van der Waals surface area (Å²) in [6.07, 6.45) is -0.158. The second-order valence-corrected chi connectivity index (χ2v) is 5.94. The average molecular weight is 278 g/mol. The molecule has 1 rings (SSSR count). The highest BCUT2D eigenvalue weighted by Crippen LogP contribution is 2.23. The molecule has 0 aromatic carbocycles. The van der Waals surface area contributed by atoms with Crippen molar-refractivity contribution in [2.45, 2.75) is 64.6 Å². The topological polar surface area (TPSA) is 35.5 Å². The quantitative estimate of drug-likeness (QED) is 0.748. The molecule has 5 heteroatoms. The number of nitrogens with one attached hydrogen (secondary N) is 1. The number of alkyl halides is 2. The molecule has 0 saturated carbocycles. The molecule has 1 aliphatic heterocycles. The first-order valence-corrected chi connectivity index (χ1v) is 7.36. The van der Waals surface area contributed by atoms with E-state index in [0.717, 1.165) is 32.4 Å². The van der Waals surface area contributed by atoms with E-state index >= 15 is 0 Å². The van der Waals surface area contributed by atoms with Gasteiger partial charge in [0, 0.05) is 25.2 Å². The van der Waals surface area contributed by atoms with Crippen LogP contribution in [0.25, 0.3) is 0 Å². The lowest BCUT2D eigenvalue weighted by molar-refractivity contribution is 0.0624. The van der Waals surface area contributed by atoms with E-state index in [1.807, 2.05) is 6.92 Å². The summed E-state index contributed by atoms with van der Waals surface area (Å²) >= 11 is 0. The van der Waals surface area contributed by atoms with Gasteiger partial charge in [-0.25, -0.2) is 8.78 Å². The van der Waals surface area contributed by atoms with Crippen LogP contribution < -0.4 is 5.32 Å². The van der Waals surface area contributed by atoms with Crippen LogP contribution in [-0.4, -0.2) is 54.3 Å². The molecule has 0 aromatic rings. The first-order chi connectivity index (χ1) is 8.92. The van der Waals surface area contributed by atoms with E-state index in [0.29, 0.717) is 12.0 Å². The summed E-state index contributed by atoms with van der Waals surface area (Å²) in [6.45, 7) is 7.77. The van der Waals surface area contributed by atoms with Crippen LogP contribution in [0.15, 0.2) is 0 Å². The van der Waals surface area contributed by atoms with Crippen molar-refractivity contribution in [1.82, 2.24) is 10.2 Å². The summed E-state index contributed by atoms with van der Waals surface area (Å²) in [5, 5.41) is 12.7. The van der Waals surface area contributed by atoms with E-state index in [1.54, 1.807) is 0 Å². The molecule has 0 aromatic heterocycles. The molecular formula is C14H28F2N2O. The second kappa shape index (κ2) is 8.12. The molecule has 1 fully saturated rings. The van der Waals surface area contributed by atoms with E-state index in [1.165, 1.54) is 0 Å². The minimum absolute atomic E-state index is 0.110. The van der Waals surface area contributed by atoms with Gasteiger partial charge in [0.25, 0.3) is 6.43 Å². The Bertz CT molecular complexity index is 252. The monoisotopic (exact) mass is 278 g/mol. The van der Waals surface area contributed by atoms with Gasteiger partial charge in [0.15, 0.2) is 0 Å². The van der Waals surface area contributed by atoms with Crippen molar-refractivity contribution in [2.24, 2.45) is 5.92 Å². The van der Waals surface area contributed by atoms with Gasteiger partial charge in [0.1, 0.15) is 0 Å². The second-order valence-electron chi connectivity index (χ2n) is 5.94. The molecule has 1 saturated heterocycles. The Balaban J connectivity index is 2.52. The van der Waals surface area contributed by atoms with Gasteiger partial charge in [0.2, 0.25) is 0 Å². The highest BCUT2D eigenvalue weighted by atomic mass is 19.3. The number of piperidine rings is 1. The Morgan fingerprint density at radius 3 is 2.53 bits per heavy atom. The van der Waals surface area contributed by atoms with Crippen LogP contribution in [0.3, 0.4) is 0 Å². The van der Waals surface area contributed by atoms with E-state index in [2.05, 4.69) is 24.1 Å². The first-order valence-electron chi connectivity index (χ1n) is 7.36. The van der Waals surface area contributed by atoms with Crippen molar-refractivity contribution in [3.8, 4) is 0 Å². The van der Waals surface area contributed by atoms with Crippen molar-refractivity contribution in [3.05, 3.63) is 0 Å². The van der Waals surface area contributed by atoms with Gasteiger partial charge >= 0.3 is 0 Å². The summed E-state index contributed by atoms with van der Waals surface area (Å²) < 4.78 is 24.6. The zero-order valence-corrected chi connectivity index (χ0v) is 12.3. The summed E-state index contributed by atoms with van der Waals surface area (Å²) in [7, 11) is 0. The predicted molar refractivity (Wildman–Crippen MR) is 73.5 cm³/mol. The van der Waals surface area contributed by atoms with E-state index in [-0.39, 0.29) is 18.7 Å². The van der Waals surface area contributed by atoms with Crippen molar-refractivity contribution in [1.29, 1.82) is 0 Å². The first kappa shape index (κ1) is 16.8. The summed E-state index contributed by atoms with van der Waals surface area (Å²) in [5.41, 5.74) is 0. The van der Waals surface area contributed by atoms with Crippen LogP contribution in [0.2, 0.25) is 0 Å². The van der Waals surface area contributed by atoms with E-state index in [4.69, 9.17) is 0 Å². The van der Waals surface area contributed by atoms with Crippen molar-refractivity contribution in [3.63, 3.8) is 0 Å². The van der Waals surface area contributed by atoms with Crippen molar-refractivity contribution >= 4 is 0 Å². The number of aliphatic hydroxyl groups excluding tert-OH is 1. The molecule has 0 radical (unpaired) electrons. The van der Waals surface area contributed by atoms with Gasteiger partial charge in [-0.05, 0) is 39.0 Å². The fourth-order valence-electron chi connectivity index (χ4n) is 2.79. The predicted octanol–water partition coefficient (Wildman–Crippen LogP) is 2.10. The molecule has 2 N–H and O–H groups in total. The van der Waals surface area contributed by atoms with Crippen molar-refractivity contribution < 1.29 is 13.9 Å². The lowest BCUT2D eigenvalue weighted by Crippen LogP contribution is -2.52. The zero-order valence-electron chi connectivity index (χ0n) is 12.3. The van der Waals surface area contributed by atoms with Crippen LogP contribution in [-0.2, 0) is 0 Å². The molecule has 3 unspecified atom stereocenters. The van der Waals surface area contributed by atoms with Crippen LogP contribution in [0.4, 0.5) is 8.78 Å². The zero-order chi connectivity index (χ0) is 14.4. The number of halogens is 2. The number of hydrogen-bond donors (Lipinski definition) is 2. The van der Waals surface area contributed by atoms with Crippen LogP contribution in [0, 0.1) is 5.92 Å². The third-order valence-electron chi connectivity index (χ3n) is 3.93. The Labute approximate surface area is 115 Å². The molecule has 19 heavy (non-hydrogen) atoms. The number of aliphatic hydroxyl groups is 1. The van der Waals surface area contributed by atoms with Gasteiger partial charge < -0.3 is 10.4 Å². The SMILES string of the molecule is CCC(O)CC1CC(NCC(F)F)CN(C(C)C)C1. The van der Waals surface area contributed by atoms with Crippen LogP contribution >= 0.6 is 0 Å². The maximum absolute atomic E-state index is 12.3. The van der Waals surface area contributed by atoms with E-state index in [9.17, 15) is 13.9 Å². The molecular weight excluding hydrogens is 250 g/mol. The highest BCUT2D eigenvalue weighted by Gasteiger charge is 2.29. The van der Waals surface area contributed by atoms with Crippen LogP contribution in [0.5, 0.6) is 0 Å². The van der Waals surface area contributed by atoms with Gasteiger partial charge in [0.05, 0.1) is 12.6 Å². The van der Waals surface area contributed by atoms with Gasteiger partial charge in [-0.2, -0.15) is 0 Å². The fourth-order valence-corrected chi connectivity index (χ4v) is 2.79. The summed E-state index contributed by atoms with van der Waals surface area (Å²) in [6, 6.07) is 0.525. The average Bonchev–Trinajstić information content (AvgIpc) is 2.35. The molecule has 3 nitrogen and oxygen atoms in total. The summed E-state index contributed by atoms with van der Waals surface area (Å²) in [5.74, 6) is 0.390. The third kappa shape index (κ3) is 6.15. The number of nitrogens with zero attached hydrogens (tertiary/aromatic N) is 1. The van der Waals surface area contributed by atoms with Gasteiger partial charge in [-0.15, -0.1) is 0 Å². The fraction of sp³-hybridized carbons (Fsp3) is 1.00.